The first-order valence-corrected chi connectivity index (χ1v) is 6.18. The Balaban J connectivity index is 2.60. The normalized spacial score (nSPS) is 33.6. The minimum absolute atomic E-state index is 0.319. The number of hydrogen-bond donors (Lipinski definition) is 1. The number of sulfonamides is 1. The molecule has 1 saturated carbocycles. The number of hydrogen-bond acceptors (Lipinski definition) is 2. The molecule has 0 aromatic heterocycles. The molecule has 1 unspecified atom stereocenters. The largest absolute Gasteiger partial charge is 0.228 e. The highest BCUT2D eigenvalue weighted by molar-refractivity contribution is 9.09. The molecule has 1 rings (SSSR count). The van der Waals surface area contributed by atoms with Crippen molar-refractivity contribution in [3.63, 3.8) is 0 Å². The molecule has 0 spiro atoms. The van der Waals surface area contributed by atoms with Crippen LogP contribution in [0.3, 0.4) is 0 Å². The van der Waals surface area contributed by atoms with Crippen LogP contribution in [0, 0.1) is 0 Å². The van der Waals surface area contributed by atoms with Gasteiger partial charge < -0.3 is 0 Å². The molecule has 1 aliphatic carbocycles. The molecule has 2 atom stereocenters. The Kier molecular flexibility index (Phi) is 2.94. The van der Waals surface area contributed by atoms with Crippen molar-refractivity contribution in [3.05, 3.63) is 0 Å². The van der Waals surface area contributed by atoms with Crippen LogP contribution in [0.4, 0.5) is 0 Å². The van der Waals surface area contributed by atoms with Crippen molar-refractivity contribution < 1.29 is 8.42 Å². The third-order valence-corrected chi connectivity index (χ3v) is 4.22. The first kappa shape index (κ1) is 9.48. The Morgan fingerprint density at radius 1 is 1.36 bits per heavy atom. The van der Waals surface area contributed by atoms with Gasteiger partial charge in [0.2, 0.25) is 10.0 Å². The summed E-state index contributed by atoms with van der Waals surface area (Å²) in [4.78, 5) is 0.333. The average molecular weight is 242 g/mol. The standard InChI is InChI=1S/C6H12BrNO2S/c7-5-2-1-3-6(4-5)11(8,9)10/h5-6H,1-4H2,(H2,8,9,10)/t5-,6?/m0/s1. The van der Waals surface area contributed by atoms with E-state index in [-0.39, 0.29) is 5.25 Å². The first-order valence-electron chi connectivity index (χ1n) is 3.66. The van der Waals surface area contributed by atoms with Crippen molar-refractivity contribution >= 4 is 26.0 Å². The van der Waals surface area contributed by atoms with Crippen LogP contribution in [-0.2, 0) is 10.0 Å². The van der Waals surface area contributed by atoms with Crippen LogP contribution in [0.5, 0.6) is 0 Å². The molecule has 0 radical (unpaired) electrons. The van der Waals surface area contributed by atoms with Gasteiger partial charge in [-0.3, -0.25) is 0 Å². The van der Waals surface area contributed by atoms with Crippen LogP contribution in [0.25, 0.3) is 0 Å². The summed E-state index contributed by atoms with van der Waals surface area (Å²) in [6, 6.07) is 0. The third kappa shape index (κ3) is 2.72. The second kappa shape index (κ2) is 3.41. The van der Waals surface area contributed by atoms with Crippen molar-refractivity contribution in [1.29, 1.82) is 0 Å². The van der Waals surface area contributed by atoms with Gasteiger partial charge in [0.1, 0.15) is 0 Å². The van der Waals surface area contributed by atoms with Gasteiger partial charge in [0.05, 0.1) is 5.25 Å². The summed E-state index contributed by atoms with van der Waals surface area (Å²) in [5, 5.41) is 4.70. The van der Waals surface area contributed by atoms with E-state index in [2.05, 4.69) is 15.9 Å². The summed E-state index contributed by atoms with van der Waals surface area (Å²) in [7, 11) is -3.29. The van der Waals surface area contributed by atoms with Crippen LogP contribution in [-0.4, -0.2) is 18.5 Å². The molecule has 0 heterocycles. The quantitative estimate of drug-likeness (QED) is 0.697. The maximum Gasteiger partial charge on any atom is 0.212 e. The van der Waals surface area contributed by atoms with E-state index < -0.39 is 10.0 Å². The molecule has 2 N–H and O–H groups in total. The van der Waals surface area contributed by atoms with Crippen molar-refractivity contribution in [2.24, 2.45) is 5.14 Å². The molecule has 0 amide bonds. The SMILES string of the molecule is NS(=O)(=O)C1CCC[C@H](Br)C1. The summed E-state index contributed by atoms with van der Waals surface area (Å²) in [5.74, 6) is 0. The molecule has 0 aromatic carbocycles. The molecule has 11 heavy (non-hydrogen) atoms. The van der Waals surface area contributed by atoms with Crippen LogP contribution in [0.2, 0.25) is 0 Å². The zero-order valence-electron chi connectivity index (χ0n) is 6.16. The monoisotopic (exact) mass is 241 g/mol. The van der Waals surface area contributed by atoms with Crippen molar-refractivity contribution in [2.45, 2.75) is 35.8 Å². The summed E-state index contributed by atoms with van der Waals surface area (Å²) in [6.45, 7) is 0. The van der Waals surface area contributed by atoms with Gasteiger partial charge in [-0.1, -0.05) is 22.4 Å². The van der Waals surface area contributed by atoms with E-state index in [0.717, 1.165) is 19.3 Å². The minimum atomic E-state index is -3.29. The molecule has 1 fully saturated rings. The average Bonchev–Trinajstić information content (AvgIpc) is 1.86. The lowest BCUT2D eigenvalue weighted by molar-refractivity contribution is 0.497. The fourth-order valence-electron chi connectivity index (χ4n) is 1.39. The lowest BCUT2D eigenvalue weighted by atomic mass is 10.0. The molecule has 0 saturated heterocycles. The third-order valence-electron chi connectivity index (χ3n) is 2.03. The molecule has 0 aromatic rings. The van der Waals surface area contributed by atoms with E-state index in [4.69, 9.17) is 5.14 Å². The maximum atomic E-state index is 10.9. The molecule has 0 bridgehead atoms. The smallest absolute Gasteiger partial charge is 0.212 e. The van der Waals surface area contributed by atoms with Gasteiger partial charge in [-0.05, 0) is 19.3 Å². The predicted octanol–water partition coefficient (Wildman–Crippen LogP) is 0.981. The van der Waals surface area contributed by atoms with Crippen molar-refractivity contribution in [1.82, 2.24) is 0 Å². The lowest BCUT2D eigenvalue weighted by Gasteiger charge is -2.23. The van der Waals surface area contributed by atoms with E-state index in [0.29, 0.717) is 11.2 Å². The van der Waals surface area contributed by atoms with Gasteiger partial charge in [0.25, 0.3) is 0 Å². The highest BCUT2D eigenvalue weighted by Gasteiger charge is 2.27. The van der Waals surface area contributed by atoms with Crippen LogP contribution < -0.4 is 5.14 Å². The first-order chi connectivity index (χ1) is 5.00. The van der Waals surface area contributed by atoms with Crippen molar-refractivity contribution in [3.8, 4) is 0 Å². The number of alkyl halides is 1. The second-order valence-corrected chi connectivity index (χ2v) is 6.11. The second-order valence-electron chi connectivity index (χ2n) is 2.97. The topological polar surface area (TPSA) is 60.2 Å². The Labute approximate surface area is 75.5 Å². The zero-order valence-corrected chi connectivity index (χ0v) is 8.57. The number of primary sulfonamides is 1. The molecule has 0 aliphatic heterocycles. The highest BCUT2D eigenvalue weighted by atomic mass is 79.9. The molecule has 1 aliphatic rings. The summed E-state index contributed by atoms with van der Waals surface area (Å²) in [5.41, 5.74) is 0. The van der Waals surface area contributed by atoms with Gasteiger partial charge >= 0.3 is 0 Å². The number of rotatable bonds is 1. The maximum absolute atomic E-state index is 10.9. The van der Waals surface area contributed by atoms with Crippen molar-refractivity contribution in [2.75, 3.05) is 0 Å². The molecule has 5 heteroatoms. The molecule has 3 nitrogen and oxygen atoms in total. The fraction of sp³-hybridized carbons (Fsp3) is 1.00. The highest BCUT2D eigenvalue weighted by Crippen LogP contribution is 2.27. The number of nitrogens with two attached hydrogens (primary N) is 1. The van der Waals surface area contributed by atoms with Gasteiger partial charge in [0.15, 0.2) is 0 Å². The van der Waals surface area contributed by atoms with E-state index in [9.17, 15) is 8.42 Å². The van der Waals surface area contributed by atoms with Gasteiger partial charge in [-0.25, -0.2) is 13.6 Å². The summed E-state index contributed by atoms with van der Waals surface area (Å²) < 4.78 is 21.8. The Hall–Kier alpha value is 0.390. The fourth-order valence-corrected chi connectivity index (χ4v) is 3.40. The van der Waals surface area contributed by atoms with Gasteiger partial charge in [-0.15, -0.1) is 0 Å². The van der Waals surface area contributed by atoms with E-state index in [1.807, 2.05) is 0 Å². The number of halogens is 1. The Morgan fingerprint density at radius 2 is 2.00 bits per heavy atom. The minimum Gasteiger partial charge on any atom is -0.228 e. The van der Waals surface area contributed by atoms with Crippen LogP contribution in [0.15, 0.2) is 0 Å². The van der Waals surface area contributed by atoms with E-state index in [1.165, 1.54) is 0 Å². The summed E-state index contributed by atoms with van der Waals surface area (Å²) in [6.07, 6.45) is 3.41. The Bertz CT molecular complexity index is 227. The molecular formula is C6H12BrNO2S. The van der Waals surface area contributed by atoms with Crippen LogP contribution in [0.1, 0.15) is 25.7 Å². The van der Waals surface area contributed by atoms with Crippen LogP contribution >= 0.6 is 15.9 Å². The summed E-state index contributed by atoms with van der Waals surface area (Å²) >= 11 is 3.40. The molecular weight excluding hydrogens is 230 g/mol. The predicted molar refractivity (Wildman–Crippen MR) is 48.1 cm³/mol. The van der Waals surface area contributed by atoms with Gasteiger partial charge in [0, 0.05) is 4.83 Å². The van der Waals surface area contributed by atoms with E-state index >= 15 is 0 Å². The molecule has 66 valence electrons. The Morgan fingerprint density at radius 3 is 2.36 bits per heavy atom. The lowest BCUT2D eigenvalue weighted by Crippen LogP contribution is -2.33. The van der Waals surface area contributed by atoms with E-state index in [1.54, 1.807) is 0 Å². The zero-order chi connectivity index (χ0) is 8.48. The van der Waals surface area contributed by atoms with Gasteiger partial charge in [-0.2, -0.15) is 0 Å².